The maximum Gasteiger partial charge on any atom is 0.294 e. The average Bonchev–Trinajstić information content (AvgIpc) is 2.76. The molecule has 0 heterocycles. The third kappa shape index (κ3) is 11.6. The lowest BCUT2D eigenvalue weighted by Gasteiger charge is -2.20. The molecule has 0 atom stereocenters. The molecule has 1 amide bonds. The molecule has 0 unspecified atom stereocenters. The van der Waals surface area contributed by atoms with Crippen LogP contribution in [0.3, 0.4) is 0 Å². The number of rotatable bonds is 12. The first-order chi connectivity index (χ1) is 15.0. The van der Waals surface area contributed by atoms with E-state index in [4.69, 9.17) is 15.9 Å². The number of anilines is 2. The van der Waals surface area contributed by atoms with E-state index in [-0.39, 0.29) is 36.9 Å². The van der Waals surface area contributed by atoms with Crippen molar-refractivity contribution < 1.29 is 19.9 Å². The van der Waals surface area contributed by atoms with Gasteiger partial charge in [-0.2, -0.15) is 0 Å². The number of nitro benzene ring substituents is 1. The summed E-state index contributed by atoms with van der Waals surface area (Å²) in [5.41, 5.74) is 5.62. The number of carbonyl (C=O) groups excluding carboxylic acids is 1. The third-order valence-electron chi connectivity index (χ3n) is 4.14. The van der Waals surface area contributed by atoms with E-state index < -0.39 is 4.92 Å². The molecule has 6 N–H and O–H groups in total. The smallest absolute Gasteiger partial charge is 0.294 e. The number of nitrogens with one attached hydrogen (secondary N) is 2. The summed E-state index contributed by atoms with van der Waals surface area (Å²) in [6.07, 6.45) is 0.207. The van der Waals surface area contributed by atoms with Gasteiger partial charge in [0.1, 0.15) is 5.69 Å². The second-order valence-corrected chi connectivity index (χ2v) is 6.52. The van der Waals surface area contributed by atoms with Gasteiger partial charge in [0.05, 0.1) is 18.1 Å². The first-order valence-electron chi connectivity index (χ1n) is 9.96. The topological polar surface area (TPSA) is 154 Å². The van der Waals surface area contributed by atoms with Gasteiger partial charge in [0.2, 0.25) is 5.91 Å². The van der Waals surface area contributed by atoms with Gasteiger partial charge in [0.15, 0.2) is 0 Å². The molecule has 0 aliphatic heterocycles. The number of aliphatic hydroxyl groups excluding tert-OH is 2. The number of benzene rings is 2. The fraction of sp³-hybridized carbons (Fsp3) is 0.381. The van der Waals surface area contributed by atoms with Crippen LogP contribution in [0.5, 0.6) is 0 Å². The highest BCUT2D eigenvalue weighted by atomic mass is 16.6. The van der Waals surface area contributed by atoms with E-state index in [2.05, 4.69) is 10.6 Å². The monoisotopic (exact) mass is 433 g/mol. The number of nitrogen functional groups attached to an aromatic ring is 1. The van der Waals surface area contributed by atoms with E-state index in [1.807, 2.05) is 41.3 Å². The molecule has 170 valence electrons. The summed E-state index contributed by atoms with van der Waals surface area (Å²) < 4.78 is 0. The van der Waals surface area contributed by atoms with Crippen LogP contribution in [0.15, 0.2) is 54.6 Å². The minimum atomic E-state index is -0.600. The minimum absolute atomic E-state index is 0.0239. The molecule has 2 aromatic rings. The van der Waals surface area contributed by atoms with Crippen LogP contribution in [-0.4, -0.2) is 71.9 Å². The van der Waals surface area contributed by atoms with Crippen molar-refractivity contribution in [2.75, 3.05) is 57.0 Å². The lowest BCUT2D eigenvalue weighted by Crippen LogP contribution is -2.36. The van der Waals surface area contributed by atoms with Gasteiger partial charge in [-0.3, -0.25) is 19.8 Å². The zero-order valence-corrected chi connectivity index (χ0v) is 17.4. The molecular formula is C21H31N5O5. The molecule has 0 saturated carbocycles. The Labute approximate surface area is 181 Å². The first-order valence-corrected chi connectivity index (χ1v) is 9.96. The van der Waals surface area contributed by atoms with E-state index in [1.165, 1.54) is 18.2 Å². The molecule has 0 radical (unpaired) electrons. The van der Waals surface area contributed by atoms with Gasteiger partial charge >= 0.3 is 0 Å². The number of nitrogens with two attached hydrogens (primary N) is 1. The highest BCUT2D eigenvalue weighted by Gasteiger charge is 2.13. The summed E-state index contributed by atoms with van der Waals surface area (Å²) >= 11 is 0. The molecule has 0 saturated heterocycles. The number of hydrogen-bond donors (Lipinski definition) is 5. The Morgan fingerprint density at radius 2 is 1.58 bits per heavy atom. The van der Waals surface area contributed by atoms with Crippen LogP contribution in [0, 0.1) is 10.1 Å². The number of hydrogen-bond acceptors (Lipinski definition) is 8. The van der Waals surface area contributed by atoms with E-state index in [9.17, 15) is 14.9 Å². The van der Waals surface area contributed by atoms with Gasteiger partial charge in [-0.1, -0.05) is 36.4 Å². The molecule has 2 aromatic carbocycles. The Kier molecular flexibility index (Phi) is 13.2. The van der Waals surface area contributed by atoms with E-state index in [0.717, 1.165) is 0 Å². The lowest BCUT2D eigenvalue weighted by molar-refractivity contribution is -0.383. The molecule has 2 rings (SSSR count). The lowest BCUT2D eigenvalue weighted by atomic mass is 10.2. The molecule has 10 heteroatoms. The maximum absolute atomic E-state index is 11.9. The number of amides is 1. The number of aliphatic hydroxyl groups is 2. The van der Waals surface area contributed by atoms with Crippen molar-refractivity contribution in [3.63, 3.8) is 0 Å². The number of carbonyl (C=O) groups is 1. The highest BCUT2D eigenvalue weighted by molar-refractivity contribution is 5.91. The molecule has 0 aliphatic rings. The predicted molar refractivity (Wildman–Crippen MR) is 121 cm³/mol. The van der Waals surface area contributed by atoms with Crippen LogP contribution < -0.4 is 16.4 Å². The summed E-state index contributed by atoms with van der Waals surface area (Å²) in [6, 6.07) is 16.1. The zero-order valence-electron chi connectivity index (χ0n) is 17.4. The van der Waals surface area contributed by atoms with Crippen molar-refractivity contribution in [2.24, 2.45) is 0 Å². The third-order valence-corrected chi connectivity index (χ3v) is 4.14. The van der Waals surface area contributed by atoms with Crippen molar-refractivity contribution in [1.82, 2.24) is 10.2 Å². The van der Waals surface area contributed by atoms with Crippen LogP contribution in [0.1, 0.15) is 6.42 Å². The fourth-order valence-electron chi connectivity index (χ4n) is 2.57. The van der Waals surface area contributed by atoms with Crippen LogP contribution in [-0.2, 0) is 4.79 Å². The summed E-state index contributed by atoms with van der Waals surface area (Å²) in [5, 5.41) is 34.3. The van der Waals surface area contributed by atoms with Gasteiger partial charge in [0, 0.05) is 50.9 Å². The standard InChI is InChI=1S/C15H25N5O5.C6H6/c16-13-2-1-12(11-14(13)20(24)25)18-15(23)3-4-17-5-6-19(7-9-21)8-10-22;1-2-4-6-5-3-1/h1-2,11,17,21-22H,3-10,16H2,(H,18,23);1-6H. The second kappa shape index (κ2) is 15.7. The van der Waals surface area contributed by atoms with Crippen molar-refractivity contribution in [3.8, 4) is 0 Å². The molecule has 31 heavy (non-hydrogen) atoms. The molecule has 0 aromatic heterocycles. The average molecular weight is 434 g/mol. The SMILES string of the molecule is Nc1ccc(NC(=O)CCNCCN(CCO)CCO)cc1[N+](=O)[O-].c1ccccc1. The summed E-state index contributed by atoms with van der Waals surface area (Å²) in [6.45, 7) is 2.71. The first kappa shape index (κ1) is 26.0. The Bertz CT molecular complexity index is 743. The Morgan fingerprint density at radius 3 is 2.10 bits per heavy atom. The zero-order chi connectivity index (χ0) is 22.9. The van der Waals surface area contributed by atoms with Crippen LogP contribution in [0.4, 0.5) is 17.1 Å². The van der Waals surface area contributed by atoms with Crippen LogP contribution in [0.2, 0.25) is 0 Å². The highest BCUT2D eigenvalue weighted by Crippen LogP contribution is 2.24. The van der Waals surface area contributed by atoms with E-state index in [0.29, 0.717) is 38.4 Å². The summed E-state index contributed by atoms with van der Waals surface area (Å²) in [7, 11) is 0. The number of nitrogens with zero attached hydrogens (tertiary/aromatic N) is 2. The second-order valence-electron chi connectivity index (χ2n) is 6.52. The normalized spacial score (nSPS) is 10.3. The molecule has 0 fully saturated rings. The fourth-order valence-corrected chi connectivity index (χ4v) is 2.57. The predicted octanol–water partition coefficient (Wildman–Crippen LogP) is 1.07. The maximum atomic E-state index is 11.9. The molecule has 0 bridgehead atoms. The van der Waals surface area contributed by atoms with E-state index in [1.54, 1.807) is 0 Å². The molecular weight excluding hydrogens is 402 g/mol. The van der Waals surface area contributed by atoms with Crippen molar-refractivity contribution >= 4 is 23.0 Å². The molecule has 0 aliphatic carbocycles. The summed E-state index contributed by atoms with van der Waals surface area (Å²) in [4.78, 5) is 24.0. The van der Waals surface area contributed by atoms with Crippen LogP contribution in [0.25, 0.3) is 0 Å². The Morgan fingerprint density at radius 1 is 1.00 bits per heavy atom. The quantitative estimate of drug-likeness (QED) is 0.144. The van der Waals surface area contributed by atoms with Crippen molar-refractivity contribution in [1.29, 1.82) is 0 Å². The van der Waals surface area contributed by atoms with Gasteiger partial charge in [-0.25, -0.2) is 0 Å². The van der Waals surface area contributed by atoms with Gasteiger partial charge in [-0.05, 0) is 12.1 Å². The Hall–Kier alpha value is -3.05. The summed E-state index contributed by atoms with van der Waals surface area (Å²) in [5.74, 6) is -0.269. The van der Waals surface area contributed by atoms with Crippen molar-refractivity contribution in [2.45, 2.75) is 6.42 Å². The molecule has 10 nitrogen and oxygen atoms in total. The van der Waals surface area contributed by atoms with Gasteiger partial charge in [-0.15, -0.1) is 0 Å². The van der Waals surface area contributed by atoms with Gasteiger partial charge < -0.3 is 26.6 Å². The van der Waals surface area contributed by atoms with E-state index >= 15 is 0 Å². The Balaban J connectivity index is 0.000000683. The number of nitro groups is 1. The van der Waals surface area contributed by atoms with Crippen molar-refractivity contribution in [3.05, 3.63) is 64.7 Å². The molecule has 0 spiro atoms. The minimum Gasteiger partial charge on any atom is -0.395 e. The van der Waals surface area contributed by atoms with Gasteiger partial charge in [0.25, 0.3) is 5.69 Å². The largest absolute Gasteiger partial charge is 0.395 e. The van der Waals surface area contributed by atoms with Crippen LogP contribution >= 0.6 is 0 Å².